The van der Waals surface area contributed by atoms with Gasteiger partial charge in [0.2, 0.25) is 0 Å². The van der Waals surface area contributed by atoms with E-state index in [9.17, 15) is 13.2 Å². The highest BCUT2D eigenvalue weighted by molar-refractivity contribution is 6.32. The van der Waals surface area contributed by atoms with Crippen LogP contribution in [0, 0.1) is 0 Å². The highest BCUT2D eigenvalue weighted by Crippen LogP contribution is 2.31. The molecule has 0 aliphatic carbocycles. The highest BCUT2D eigenvalue weighted by atomic mass is 35.5. The minimum absolute atomic E-state index is 0.0711. The zero-order valence-corrected chi connectivity index (χ0v) is 13.1. The van der Waals surface area contributed by atoms with E-state index in [0.29, 0.717) is 16.5 Å². The summed E-state index contributed by atoms with van der Waals surface area (Å²) in [6.07, 6.45) is -4.55. The topological polar surface area (TPSA) is 27.1 Å². The molecular weight excluding hydrogens is 341 g/mol. The molecule has 3 nitrogen and oxygen atoms in total. The number of benzene rings is 2. The van der Waals surface area contributed by atoms with Crippen LogP contribution < -0.4 is 4.74 Å². The molecule has 3 aromatic rings. The Morgan fingerprint density at radius 3 is 2.33 bits per heavy atom. The molecule has 124 valence electrons. The number of ether oxygens (including phenoxy) is 1. The second-order valence-electron chi connectivity index (χ2n) is 4.98. The van der Waals surface area contributed by atoms with Crippen molar-refractivity contribution in [2.24, 2.45) is 0 Å². The van der Waals surface area contributed by atoms with Gasteiger partial charge >= 0.3 is 6.18 Å². The summed E-state index contributed by atoms with van der Waals surface area (Å²) < 4.78 is 45.7. The average Bonchev–Trinajstić information content (AvgIpc) is 2.99. The van der Waals surface area contributed by atoms with E-state index in [1.165, 1.54) is 0 Å². The number of alkyl halides is 3. The van der Waals surface area contributed by atoms with Crippen LogP contribution in [0.5, 0.6) is 5.75 Å². The quantitative estimate of drug-likeness (QED) is 0.651. The lowest BCUT2D eigenvalue weighted by atomic mass is 10.3. The number of hydrogen-bond donors (Lipinski definition) is 0. The van der Waals surface area contributed by atoms with Gasteiger partial charge in [0, 0.05) is 0 Å². The molecule has 7 heteroatoms. The van der Waals surface area contributed by atoms with Crippen LogP contribution in [0.2, 0.25) is 5.02 Å². The first kappa shape index (κ1) is 16.4. The Labute approximate surface area is 141 Å². The zero-order chi connectivity index (χ0) is 17.2. The maximum Gasteiger partial charge on any atom is 0.435 e. The van der Waals surface area contributed by atoms with Crippen LogP contribution in [0.1, 0.15) is 11.4 Å². The van der Waals surface area contributed by atoms with E-state index in [-0.39, 0.29) is 12.3 Å². The summed E-state index contributed by atoms with van der Waals surface area (Å²) in [6, 6.07) is 16.4. The minimum atomic E-state index is -4.55. The van der Waals surface area contributed by atoms with E-state index in [1.54, 1.807) is 48.5 Å². The molecule has 0 aliphatic heterocycles. The van der Waals surface area contributed by atoms with E-state index in [1.807, 2.05) is 6.07 Å². The van der Waals surface area contributed by atoms with Crippen LogP contribution in [0.25, 0.3) is 5.69 Å². The molecule has 1 aromatic heterocycles. The van der Waals surface area contributed by atoms with Crippen LogP contribution in [0.3, 0.4) is 0 Å². The lowest BCUT2D eigenvalue weighted by molar-refractivity contribution is -0.141. The summed E-state index contributed by atoms with van der Waals surface area (Å²) in [5, 5.41) is 3.95. The molecule has 0 unspecified atom stereocenters. The largest absolute Gasteiger partial charge is 0.487 e. The SMILES string of the molecule is FC(F)(F)c1cc(COc2ccccc2)n(-c2ccccc2Cl)n1. The Kier molecular flexibility index (Phi) is 4.49. The molecule has 2 aromatic carbocycles. The lowest BCUT2D eigenvalue weighted by Gasteiger charge is -2.10. The molecule has 0 amide bonds. The van der Waals surface area contributed by atoms with Crippen molar-refractivity contribution in [2.75, 3.05) is 0 Å². The fourth-order valence-electron chi connectivity index (χ4n) is 2.17. The third-order valence-electron chi connectivity index (χ3n) is 3.28. The zero-order valence-electron chi connectivity index (χ0n) is 12.3. The van der Waals surface area contributed by atoms with Gasteiger partial charge in [-0.1, -0.05) is 41.9 Å². The van der Waals surface area contributed by atoms with E-state index < -0.39 is 11.9 Å². The molecular formula is C17H12ClF3N2O. The molecule has 0 saturated heterocycles. The van der Waals surface area contributed by atoms with Gasteiger partial charge in [-0.15, -0.1) is 0 Å². The van der Waals surface area contributed by atoms with E-state index in [2.05, 4.69) is 5.10 Å². The van der Waals surface area contributed by atoms with E-state index >= 15 is 0 Å². The van der Waals surface area contributed by atoms with Crippen LogP contribution in [0.4, 0.5) is 13.2 Å². The van der Waals surface area contributed by atoms with Crippen molar-refractivity contribution in [3.63, 3.8) is 0 Å². The number of aromatic nitrogens is 2. The van der Waals surface area contributed by atoms with Gasteiger partial charge in [0.1, 0.15) is 12.4 Å². The first-order valence-corrected chi connectivity index (χ1v) is 7.42. The summed E-state index contributed by atoms with van der Waals surface area (Å²) in [5.41, 5.74) is -0.380. The van der Waals surface area contributed by atoms with Gasteiger partial charge in [0.15, 0.2) is 5.69 Å². The van der Waals surface area contributed by atoms with Crippen molar-refractivity contribution in [1.29, 1.82) is 0 Å². The number of para-hydroxylation sites is 2. The van der Waals surface area contributed by atoms with Crippen molar-refractivity contribution >= 4 is 11.6 Å². The van der Waals surface area contributed by atoms with Crippen LogP contribution in [0.15, 0.2) is 60.7 Å². The second kappa shape index (κ2) is 6.57. The molecule has 0 radical (unpaired) electrons. The van der Waals surface area contributed by atoms with Crippen molar-refractivity contribution in [3.8, 4) is 11.4 Å². The predicted molar refractivity (Wildman–Crippen MR) is 84.4 cm³/mol. The molecule has 0 N–H and O–H groups in total. The van der Waals surface area contributed by atoms with Crippen molar-refractivity contribution < 1.29 is 17.9 Å². The maximum atomic E-state index is 13.0. The van der Waals surface area contributed by atoms with Crippen molar-refractivity contribution in [1.82, 2.24) is 9.78 Å². The third kappa shape index (κ3) is 3.54. The molecule has 0 aliphatic rings. The predicted octanol–water partition coefficient (Wildman–Crippen LogP) is 5.12. The van der Waals surface area contributed by atoms with Gasteiger partial charge in [-0.2, -0.15) is 18.3 Å². The van der Waals surface area contributed by atoms with E-state index in [0.717, 1.165) is 10.7 Å². The third-order valence-corrected chi connectivity index (χ3v) is 3.60. The monoisotopic (exact) mass is 352 g/mol. The van der Waals surface area contributed by atoms with Crippen LogP contribution in [-0.2, 0) is 12.8 Å². The molecule has 1 heterocycles. The normalized spacial score (nSPS) is 11.5. The van der Waals surface area contributed by atoms with Gasteiger partial charge < -0.3 is 4.74 Å². The van der Waals surface area contributed by atoms with Gasteiger partial charge in [-0.3, -0.25) is 0 Å². The van der Waals surface area contributed by atoms with E-state index in [4.69, 9.17) is 16.3 Å². The fraction of sp³-hybridized carbons (Fsp3) is 0.118. The molecule has 0 bridgehead atoms. The number of halogens is 4. The summed E-state index contributed by atoms with van der Waals surface area (Å²) in [4.78, 5) is 0. The molecule has 0 fully saturated rings. The number of hydrogen-bond acceptors (Lipinski definition) is 2. The Balaban J connectivity index is 1.97. The van der Waals surface area contributed by atoms with Crippen molar-refractivity contribution in [2.45, 2.75) is 12.8 Å². The summed E-state index contributed by atoms with van der Waals surface area (Å²) >= 11 is 6.09. The van der Waals surface area contributed by atoms with Gasteiger partial charge in [-0.25, -0.2) is 4.68 Å². The standard InChI is InChI=1S/C17H12ClF3N2O/c18-14-8-4-5-9-15(14)23-12(10-16(22-23)17(19,20)21)11-24-13-6-2-1-3-7-13/h1-10H,11H2. The Bertz CT molecular complexity index is 831. The smallest absolute Gasteiger partial charge is 0.435 e. The molecule has 3 rings (SSSR count). The molecule has 0 spiro atoms. The second-order valence-corrected chi connectivity index (χ2v) is 5.39. The van der Waals surface area contributed by atoms with Crippen molar-refractivity contribution in [3.05, 3.63) is 77.1 Å². The highest BCUT2D eigenvalue weighted by Gasteiger charge is 2.35. The summed E-state index contributed by atoms with van der Waals surface area (Å²) in [5.74, 6) is 0.554. The minimum Gasteiger partial charge on any atom is -0.487 e. The Morgan fingerprint density at radius 1 is 1.00 bits per heavy atom. The van der Waals surface area contributed by atoms with Crippen LogP contribution >= 0.6 is 11.6 Å². The summed E-state index contributed by atoms with van der Waals surface area (Å²) in [6.45, 7) is -0.0711. The maximum absolute atomic E-state index is 13.0. The van der Waals surface area contributed by atoms with Gasteiger partial charge in [-0.05, 0) is 30.3 Å². The van der Waals surface area contributed by atoms with Gasteiger partial charge in [0.25, 0.3) is 0 Å². The lowest BCUT2D eigenvalue weighted by Crippen LogP contribution is -2.08. The molecule has 24 heavy (non-hydrogen) atoms. The first-order chi connectivity index (χ1) is 11.4. The Morgan fingerprint density at radius 2 is 1.67 bits per heavy atom. The van der Waals surface area contributed by atoms with Gasteiger partial charge in [0.05, 0.1) is 16.4 Å². The Hall–Kier alpha value is -2.47. The molecule has 0 saturated carbocycles. The number of nitrogens with zero attached hydrogens (tertiary/aromatic N) is 2. The fourth-order valence-corrected chi connectivity index (χ4v) is 2.38. The number of rotatable bonds is 4. The first-order valence-electron chi connectivity index (χ1n) is 7.04. The molecule has 0 atom stereocenters. The average molecular weight is 353 g/mol. The van der Waals surface area contributed by atoms with Crippen LogP contribution in [-0.4, -0.2) is 9.78 Å². The summed E-state index contributed by atoms with van der Waals surface area (Å²) in [7, 11) is 0.